The maximum Gasteiger partial charge on any atom is 0.230 e. The molecule has 0 saturated heterocycles. The van der Waals surface area contributed by atoms with Crippen LogP contribution in [0.3, 0.4) is 0 Å². The number of rotatable bonds is 3. The third-order valence-corrected chi connectivity index (χ3v) is 3.02. The molecule has 0 bridgehead atoms. The summed E-state index contributed by atoms with van der Waals surface area (Å²) in [5.74, 6) is -0.101. The molecule has 0 unspecified atom stereocenters. The van der Waals surface area contributed by atoms with Gasteiger partial charge in [-0.2, -0.15) is 0 Å². The van der Waals surface area contributed by atoms with Gasteiger partial charge in [0.05, 0.1) is 6.42 Å². The predicted octanol–water partition coefficient (Wildman–Crippen LogP) is 2.21. The average molecular weight is 247 g/mol. The molecule has 3 N–H and O–H groups in total. The van der Waals surface area contributed by atoms with E-state index < -0.39 is 0 Å². The summed E-state index contributed by atoms with van der Waals surface area (Å²) in [6, 6.07) is 5.69. The van der Waals surface area contributed by atoms with Gasteiger partial charge in [-0.1, -0.05) is 12.1 Å². The van der Waals surface area contributed by atoms with Crippen molar-refractivity contribution in [2.45, 2.75) is 13.3 Å². The number of hydrogen-bond donors (Lipinski definition) is 2. The van der Waals surface area contributed by atoms with E-state index in [4.69, 9.17) is 5.73 Å². The van der Waals surface area contributed by atoms with Crippen LogP contribution in [0.2, 0.25) is 0 Å². The second-order valence-corrected chi connectivity index (χ2v) is 4.66. The highest BCUT2D eigenvalue weighted by molar-refractivity contribution is 7.13. The molecule has 0 spiro atoms. The van der Waals surface area contributed by atoms with Crippen LogP contribution in [0.25, 0.3) is 0 Å². The number of benzene rings is 1. The lowest BCUT2D eigenvalue weighted by Crippen LogP contribution is -2.15. The van der Waals surface area contributed by atoms with E-state index in [1.165, 1.54) is 11.3 Å². The first-order valence-corrected chi connectivity index (χ1v) is 6.07. The third-order valence-electron chi connectivity index (χ3n) is 2.33. The lowest BCUT2D eigenvalue weighted by molar-refractivity contribution is -0.115. The Labute approximate surface area is 103 Å². The molecule has 4 nitrogen and oxygen atoms in total. The van der Waals surface area contributed by atoms with Crippen molar-refractivity contribution in [1.82, 2.24) is 4.98 Å². The summed E-state index contributed by atoms with van der Waals surface area (Å²) in [5.41, 5.74) is 8.43. The Balaban J connectivity index is 2.03. The molecule has 1 amide bonds. The zero-order valence-corrected chi connectivity index (χ0v) is 10.3. The van der Waals surface area contributed by atoms with E-state index in [0.29, 0.717) is 10.8 Å². The van der Waals surface area contributed by atoms with Crippen LogP contribution in [0.15, 0.2) is 29.8 Å². The fourth-order valence-electron chi connectivity index (χ4n) is 1.50. The van der Waals surface area contributed by atoms with E-state index in [0.717, 1.165) is 11.1 Å². The number of thiazole rings is 1. The Bertz CT molecular complexity index is 523. The normalized spacial score (nSPS) is 10.2. The topological polar surface area (TPSA) is 68.0 Å². The molecule has 88 valence electrons. The molecule has 1 aromatic heterocycles. The van der Waals surface area contributed by atoms with Gasteiger partial charge in [-0.3, -0.25) is 4.79 Å². The van der Waals surface area contributed by atoms with E-state index in [9.17, 15) is 4.79 Å². The molecular weight excluding hydrogens is 234 g/mol. The minimum atomic E-state index is -0.101. The van der Waals surface area contributed by atoms with Crippen LogP contribution < -0.4 is 11.1 Å². The van der Waals surface area contributed by atoms with Gasteiger partial charge in [0.1, 0.15) is 0 Å². The summed E-state index contributed by atoms with van der Waals surface area (Å²) in [6.07, 6.45) is 1.92. The zero-order valence-electron chi connectivity index (χ0n) is 9.43. The second kappa shape index (κ2) is 4.97. The molecule has 17 heavy (non-hydrogen) atoms. The van der Waals surface area contributed by atoms with Crippen molar-refractivity contribution in [1.29, 1.82) is 0 Å². The van der Waals surface area contributed by atoms with Crippen molar-refractivity contribution >= 4 is 28.1 Å². The van der Waals surface area contributed by atoms with Crippen LogP contribution in [-0.2, 0) is 11.2 Å². The van der Waals surface area contributed by atoms with Gasteiger partial charge >= 0.3 is 0 Å². The van der Waals surface area contributed by atoms with Crippen LogP contribution in [0.4, 0.5) is 10.8 Å². The third kappa shape index (κ3) is 3.04. The maximum absolute atomic E-state index is 11.7. The number of nitrogens with one attached hydrogen (secondary N) is 1. The number of amides is 1. The average Bonchev–Trinajstić information content (AvgIpc) is 2.75. The minimum absolute atomic E-state index is 0.101. The molecule has 1 heterocycles. The molecule has 0 fully saturated rings. The molecule has 0 saturated carbocycles. The van der Waals surface area contributed by atoms with Crippen molar-refractivity contribution in [2.24, 2.45) is 0 Å². The fourth-order valence-corrected chi connectivity index (χ4v) is 2.04. The lowest BCUT2D eigenvalue weighted by atomic mass is 10.1. The van der Waals surface area contributed by atoms with E-state index in [-0.39, 0.29) is 12.3 Å². The van der Waals surface area contributed by atoms with Gasteiger partial charge in [-0.15, -0.1) is 11.3 Å². The Kier molecular flexibility index (Phi) is 3.39. The summed E-state index contributed by atoms with van der Waals surface area (Å²) in [4.78, 5) is 15.7. The Morgan fingerprint density at radius 3 is 3.00 bits per heavy atom. The molecular formula is C12H13N3OS. The van der Waals surface area contributed by atoms with Gasteiger partial charge in [0, 0.05) is 17.3 Å². The summed E-state index contributed by atoms with van der Waals surface area (Å²) >= 11 is 1.39. The van der Waals surface area contributed by atoms with Gasteiger partial charge in [0.2, 0.25) is 5.91 Å². The molecule has 0 aliphatic carbocycles. The highest BCUT2D eigenvalue weighted by atomic mass is 32.1. The SMILES string of the molecule is Cc1ccc(CC(=O)Nc2nccs2)c(N)c1. The van der Waals surface area contributed by atoms with E-state index in [2.05, 4.69) is 10.3 Å². The smallest absolute Gasteiger partial charge is 0.230 e. The van der Waals surface area contributed by atoms with Crippen molar-refractivity contribution in [3.8, 4) is 0 Å². The number of carbonyl (C=O) groups excluding carboxylic acids is 1. The lowest BCUT2D eigenvalue weighted by Gasteiger charge is -2.06. The first-order chi connectivity index (χ1) is 8.15. The van der Waals surface area contributed by atoms with Gasteiger partial charge in [-0.25, -0.2) is 4.98 Å². The first kappa shape index (κ1) is 11.6. The highest BCUT2D eigenvalue weighted by Crippen LogP contribution is 2.16. The zero-order chi connectivity index (χ0) is 12.3. The second-order valence-electron chi connectivity index (χ2n) is 3.76. The van der Waals surface area contributed by atoms with Gasteiger partial charge in [0.15, 0.2) is 5.13 Å². The molecule has 5 heteroatoms. The summed E-state index contributed by atoms with van der Waals surface area (Å²) in [6.45, 7) is 1.97. The number of nitrogen functional groups attached to an aromatic ring is 1. The highest BCUT2D eigenvalue weighted by Gasteiger charge is 2.07. The molecule has 1 aromatic carbocycles. The van der Waals surface area contributed by atoms with Crippen molar-refractivity contribution in [2.75, 3.05) is 11.1 Å². The predicted molar refractivity (Wildman–Crippen MR) is 70.0 cm³/mol. The molecule has 0 aliphatic heterocycles. The summed E-state index contributed by atoms with van der Waals surface area (Å²) in [5, 5.41) is 5.15. The number of anilines is 2. The van der Waals surface area contributed by atoms with Crippen LogP contribution in [0, 0.1) is 6.92 Å². The quantitative estimate of drug-likeness (QED) is 0.817. The fraction of sp³-hybridized carbons (Fsp3) is 0.167. The number of aryl methyl sites for hydroxylation is 1. The molecule has 0 atom stereocenters. The van der Waals surface area contributed by atoms with Crippen molar-refractivity contribution in [3.05, 3.63) is 40.9 Å². The Morgan fingerprint density at radius 2 is 2.35 bits per heavy atom. The number of hydrogen-bond acceptors (Lipinski definition) is 4. The van der Waals surface area contributed by atoms with E-state index in [1.54, 1.807) is 6.20 Å². The van der Waals surface area contributed by atoms with Crippen LogP contribution >= 0.6 is 11.3 Å². The van der Waals surface area contributed by atoms with Crippen LogP contribution in [0.1, 0.15) is 11.1 Å². The summed E-state index contributed by atoms with van der Waals surface area (Å²) in [7, 11) is 0. The van der Waals surface area contributed by atoms with Crippen LogP contribution in [-0.4, -0.2) is 10.9 Å². The van der Waals surface area contributed by atoms with E-state index >= 15 is 0 Å². The maximum atomic E-state index is 11.7. The molecule has 0 radical (unpaired) electrons. The van der Waals surface area contributed by atoms with Gasteiger partial charge in [-0.05, 0) is 24.1 Å². The molecule has 2 rings (SSSR count). The molecule has 0 aliphatic rings. The number of nitrogens with two attached hydrogens (primary N) is 1. The van der Waals surface area contributed by atoms with Crippen molar-refractivity contribution in [3.63, 3.8) is 0 Å². The standard InChI is InChI=1S/C12H13N3OS/c1-8-2-3-9(10(13)6-8)7-11(16)15-12-14-4-5-17-12/h2-6H,7,13H2,1H3,(H,14,15,16). The minimum Gasteiger partial charge on any atom is -0.398 e. The largest absolute Gasteiger partial charge is 0.398 e. The Hall–Kier alpha value is -1.88. The number of nitrogens with zero attached hydrogens (tertiary/aromatic N) is 1. The molecule has 2 aromatic rings. The Morgan fingerprint density at radius 1 is 1.53 bits per heavy atom. The number of aromatic nitrogens is 1. The summed E-state index contributed by atoms with van der Waals surface area (Å²) < 4.78 is 0. The van der Waals surface area contributed by atoms with Crippen LogP contribution in [0.5, 0.6) is 0 Å². The van der Waals surface area contributed by atoms with E-state index in [1.807, 2.05) is 30.5 Å². The van der Waals surface area contributed by atoms with Crippen molar-refractivity contribution < 1.29 is 4.79 Å². The van der Waals surface area contributed by atoms with Gasteiger partial charge < -0.3 is 11.1 Å². The van der Waals surface area contributed by atoms with Gasteiger partial charge in [0.25, 0.3) is 0 Å². The monoisotopic (exact) mass is 247 g/mol. The first-order valence-electron chi connectivity index (χ1n) is 5.19. The number of carbonyl (C=O) groups is 1.